The summed E-state index contributed by atoms with van der Waals surface area (Å²) >= 11 is 0. The van der Waals surface area contributed by atoms with Gasteiger partial charge in [0.1, 0.15) is 11.2 Å². The smallest absolute Gasteiger partial charge is 0.137 e. The van der Waals surface area contributed by atoms with Gasteiger partial charge in [0.25, 0.3) is 0 Å². The molecule has 0 unspecified atom stereocenters. The SMILES string of the molecule is CC1(C)c2ccccc2-c2ccc3c(c21)c1cc(-c2ccc4c(c2)c2cc5c(cc2n4-c2ccccc2)oc2ccccc25)ccc1n3-c1ccccc1. The summed E-state index contributed by atoms with van der Waals surface area (Å²) in [5, 5.41) is 7.34. The fraction of sp³-hybridized carbons (Fsp3) is 0.0588. The van der Waals surface area contributed by atoms with Crippen molar-refractivity contribution in [2.75, 3.05) is 0 Å². The standard InChI is InChI=1S/C51H34N2O/c1-51(2)42-19-11-9-17-35(42)37-23-26-45-49(50(37)51)41-28-32(22-25-44(41)52(45)33-13-5-3-6-14-33)31-21-24-43-38(27-31)39-29-40-36-18-10-12-20-47(36)54-48(40)30-46(39)53(43)34-15-7-4-8-16-34/h3-30H,1-2H3. The molecule has 3 nitrogen and oxygen atoms in total. The summed E-state index contributed by atoms with van der Waals surface area (Å²) in [4.78, 5) is 0. The van der Waals surface area contributed by atoms with Crippen LogP contribution in [0.15, 0.2) is 174 Å². The Morgan fingerprint density at radius 2 is 1.00 bits per heavy atom. The van der Waals surface area contributed by atoms with Crippen LogP contribution in [-0.2, 0) is 5.41 Å². The summed E-state index contributed by atoms with van der Waals surface area (Å²) < 4.78 is 11.2. The van der Waals surface area contributed by atoms with Crippen molar-refractivity contribution in [3.05, 3.63) is 181 Å². The molecular formula is C51H34N2O. The van der Waals surface area contributed by atoms with Crippen LogP contribution in [0.5, 0.6) is 0 Å². The van der Waals surface area contributed by atoms with E-state index in [-0.39, 0.29) is 5.41 Å². The van der Waals surface area contributed by atoms with E-state index in [1.165, 1.54) is 77.2 Å². The van der Waals surface area contributed by atoms with Crippen molar-refractivity contribution in [3.63, 3.8) is 0 Å². The quantitative estimate of drug-likeness (QED) is 0.181. The highest BCUT2D eigenvalue weighted by Crippen LogP contribution is 2.53. The summed E-state index contributed by atoms with van der Waals surface area (Å²) in [5.41, 5.74) is 16.7. The van der Waals surface area contributed by atoms with Crippen LogP contribution in [0.4, 0.5) is 0 Å². The molecule has 0 N–H and O–H groups in total. The fourth-order valence-electron chi connectivity index (χ4n) is 9.69. The fourth-order valence-corrected chi connectivity index (χ4v) is 9.69. The molecule has 0 amide bonds. The van der Waals surface area contributed by atoms with E-state index >= 15 is 0 Å². The Kier molecular flexibility index (Phi) is 5.84. The monoisotopic (exact) mass is 690 g/mol. The van der Waals surface area contributed by atoms with E-state index in [2.05, 4.69) is 187 Å². The minimum Gasteiger partial charge on any atom is -0.456 e. The lowest BCUT2D eigenvalue weighted by molar-refractivity contribution is 0.666. The number of hydrogen-bond acceptors (Lipinski definition) is 1. The van der Waals surface area contributed by atoms with Gasteiger partial charge in [-0.3, -0.25) is 0 Å². The normalized spacial score (nSPS) is 13.5. The molecule has 0 atom stereocenters. The molecule has 3 heterocycles. The predicted octanol–water partition coefficient (Wildman–Crippen LogP) is 13.8. The van der Waals surface area contributed by atoms with Gasteiger partial charge in [0, 0.05) is 55.2 Å². The van der Waals surface area contributed by atoms with Crippen molar-refractivity contribution in [3.8, 4) is 33.6 Å². The molecule has 0 spiro atoms. The molecule has 3 aromatic heterocycles. The van der Waals surface area contributed by atoms with E-state index in [1.807, 2.05) is 6.07 Å². The first-order valence-corrected chi connectivity index (χ1v) is 18.8. The third kappa shape index (κ3) is 3.91. The number of nitrogens with zero attached hydrogens (tertiary/aromatic N) is 2. The zero-order valence-corrected chi connectivity index (χ0v) is 30.0. The van der Waals surface area contributed by atoms with Crippen molar-refractivity contribution in [1.29, 1.82) is 0 Å². The number of benzene rings is 8. The lowest BCUT2D eigenvalue weighted by Gasteiger charge is -2.22. The number of rotatable bonds is 3. The van der Waals surface area contributed by atoms with Gasteiger partial charge in [-0.1, -0.05) is 111 Å². The molecule has 54 heavy (non-hydrogen) atoms. The molecule has 8 aromatic carbocycles. The van der Waals surface area contributed by atoms with Crippen LogP contribution in [-0.4, -0.2) is 9.13 Å². The van der Waals surface area contributed by atoms with Gasteiger partial charge in [0.15, 0.2) is 0 Å². The van der Waals surface area contributed by atoms with E-state index in [4.69, 9.17) is 4.42 Å². The van der Waals surface area contributed by atoms with Crippen molar-refractivity contribution < 1.29 is 4.42 Å². The molecule has 11 aromatic rings. The van der Waals surface area contributed by atoms with Gasteiger partial charge in [0.2, 0.25) is 0 Å². The van der Waals surface area contributed by atoms with Crippen LogP contribution >= 0.6 is 0 Å². The second-order valence-electron chi connectivity index (χ2n) is 15.3. The summed E-state index contributed by atoms with van der Waals surface area (Å²) in [6.07, 6.45) is 0. The number of hydrogen-bond donors (Lipinski definition) is 0. The predicted molar refractivity (Wildman–Crippen MR) is 225 cm³/mol. The Morgan fingerprint density at radius 3 is 1.76 bits per heavy atom. The molecule has 0 saturated carbocycles. The summed E-state index contributed by atoms with van der Waals surface area (Å²) in [5.74, 6) is 0. The highest BCUT2D eigenvalue weighted by Gasteiger charge is 2.38. The summed E-state index contributed by atoms with van der Waals surface area (Å²) in [7, 11) is 0. The van der Waals surface area contributed by atoms with E-state index in [0.717, 1.165) is 33.1 Å². The first-order valence-electron chi connectivity index (χ1n) is 18.8. The third-order valence-electron chi connectivity index (χ3n) is 12.1. The van der Waals surface area contributed by atoms with Gasteiger partial charge in [-0.25, -0.2) is 0 Å². The maximum absolute atomic E-state index is 6.40. The van der Waals surface area contributed by atoms with E-state index in [9.17, 15) is 0 Å². The number of furan rings is 1. The molecule has 0 aliphatic heterocycles. The van der Waals surface area contributed by atoms with Gasteiger partial charge >= 0.3 is 0 Å². The number of fused-ring (bicyclic) bond motifs is 13. The first kappa shape index (κ1) is 29.7. The molecule has 0 fully saturated rings. The Bertz CT molecular complexity index is 3340. The summed E-state index contributed by atoms with van der Waals surface area (Å²) in [6.45, 7) is 4.78. The van der Waals surface area contributed by atoms with Crippen molar-refractivity contribution in [2.24, 2.45) is 0 Å². The lowest BCUT2D eigenvalue weighted by atomic mass is 9.80. The van der Waals surface area contributed by atoms with Crippen molar-refractivity contribution in [2.45, 2.75) is 19.3 Å². The minimum atomic E-state index is -0.141. The highest BCUT2D eigenvalue weighted by molar-refractivity contribution is 6.19. The van der Waals surface area contributed by atoms with Gasteiger partial charge in [-0.05, 0) is 100 Å². The lowest BCUT2D eigenvalue weighted by Crippen LogP contribution is -2.15. The van der Waals surface area contributed by atoms with Gasteiger partial charge in [0.05, 0.1) is 22.1 Å². The van der Waals surface area contributed by atoms with E-state index in [0.29, 0.717) is 0 Å². The van der Waals surface area contributed by atoms with Gasteiger partial charge < -0.3 is 13.6 Å². The van der Waals surface area contributed by atoms with Crippen molar-refractivity contribution in [1.82, 2.24) is 9.13 Å². The Balaban J connectivity index is 1.14. The molecule has 1 aliphatic carbocycles. The first-order chi connectivity index (χ1) is 26.5. The van der Waals surface area contributed by atoms with Crippen LogP contribution < -0.4 is 0 Å². The molecule has 1 aliphatic rings. The zero-order valence-electron chi connectivity index (χ0n) is 30.0. The maximum Gasteiger partial charge on any atom is 0.137 e. The molecule has 0 saturated heterocycles. The molecule has 0 radical (unpaired) electrons. The number of aromatic nitrogens is 2. The Hall–Kier alpha value is -6.84. The maximum atomic E-state index is 6.40. The van der Waals surface area contributed by atoms with E-state index in [1.54, 1.807) is 0 Å². The van der Waals surface area contributed by atoms with Crippen LogP contribution in [0.25, 0.3) is 99.2 Å². The Labute approximate surface area is 311 Å². The van der Waals surface area contributed by atoms with Crippen LogP contribution in [0.1, 0.15) is 25.0 Å². The number of para-hydroxylation sites is 3. The average Bonchev–Trinajstić information content (AvgIpc) is 3.92. The average molecular weight is 691 g/mol. The topological polar surface area (TPSA) is 23.0 Å². The Morgan fingerprint density at radius 1 is 0.407 bits per heavy atom. The van der Waals surface area contributed by atoms with Gasteiger partial charge in [-0.15, -0.1) is 0 Å². The molecule has 254 valence electrons. The molecule has 3 heteroatoms. The second-order valence-corrected chi connectivity index (χ2v) is 15.3. The minimum absolute atomic E-state index is 0.141. The molecular weight excluding hydrogens is 657 g/mol. The molecule has 12 rings (SSSR count). The second kappa shape index (κ2) is 10.6. The van der Waals surface area contributed by atoms with Crippen LogP contribution in [0.2, 0.25) is 0 Å². The van der Waals surface area contributed by atoms with Crippen molar-refractivity contribution >= 4 is 65.6 Å². The summed E-state index contributed by atoms with van der Waals surface area (Å²) in [6, 6.07) is 62.1. The zero-order chi connectivity index (χ0) is 35.7. The third-order valence-corrected chi connectivity index (χ3v) is 12.1. The van der Waals surface area contributed by atoms with E-state index < -0.39 is 0 Å². The highest BCUT2D eigenvalue weighted by atomic mass is 16.3. The van der Waals surface area contributed by atoms with Crippen LogP contribution in [0.3, 0.4) is 0 Å². The van der Waals surface area contributed by atoms with Gasteiger partial charge in [-0.2, -0.15) is 0 Å². The van der Waals surface area contributed by atoms with Crippen LogP contribution in [0, 0.1) is 0 Å². The largest absolute Gasteiger partial charge is 0.456 e. The molecule has 0 bridgehead atoms.